The second kappa shape index (κ2) is 8.17. The maximum atomic E-state index is 8.72. The Kier molecular flexibility index (Phi) is 5.71. The highest BCUT2D eigenvalue weighted by Crippen LogP contribution is 2.35. The number of halogens is 2. The Morgan fingerprint density at radius 2 is 2.00 bits per heavy atom. The molecule has 0 bridgehead atoms. The van der Waals surface area contributed by atoms with Crippen LogP contribution in [0, 0.1) is 18.3 Å². The van der Waals surface area contributed by atoms with E-state index in [2.05, 4.69) is 37.3 Å². The lowest BCUT2D eigenvalue weighted by Crippen LogP contribution is -1.99. The third kappa shape index (κ3) is 4.51. The number of aryl methyl sites for hydroxylation is 1. The summed E-state index contributed by atoms with van der Waals surface area (Å²) in [7, 11) is 0. The molecule has 0 saturated heterocycles. The molecule has 0 amide bonds. The van der Waals surface area contributed by atoms with Crippen LogP contribution in [-0.4, -0.2) is 9.97 Å². The molecule has 0 atom stereocenters. The Hall–Kier alpha value is -2.62. The number of nitrogens with one attached hydrogen (secondary N) is 1. The van der Waals surface area contributed by atoms with E-state index in [0.717, 1.165) is 21.3 Å². The van der Waals surface area contributed by atoms with Crippen LogP contribution in [0.4, 0.5) is 11.6 Å². The molecule has 1 aromatic heterocycles. The minimum atomic E-state index is 0.384. The van der Waals surface area contributed by atoms with Gasteiger partial charge in [-0.2, -0.15) is 10.2 Å². The monoisotopic (exact) mass is 428 g/mol. The van der Waals surface area contributed by atoms with Crippen LogP contribution < -0.4 is 10.1 Å². The molecule has 0 saturated carbocycles. The standard InChI is InChI=1S/C19H14BrClN4O/c1-12-10-14(21)11-16(20)18(12)26-17-7-9-23-19(25-17)24-15-4-2-13(3-5-15)6-8-22/h2-5,7,9-11H,6H2,1H3,(H,23,24,25). The molecule has 3 rings (SSSR count). The van der Waals surface area contributed by atoms with Crippen molar-refractivity contribution in [1.82, 2.24) is 9.97 Å². The number of nitrogens with zero attached hydrogens (tertiary/aromatic N) is 3. The number of hydrogen-bond donors (Lipinski definition) is 1. The van der Waals surface area contributed by atoms with Gasteiger partial charge in [-0.1, -0.05) is 23.7 Å². The average Bonchev–Trinajstić information content (AvgIpc) is 2.60. The van der Waals surface area contributed by atoms with Crippen LogP contribution in [0.3, 0.4) is 0 Å². The molecule has 2 aromatic carbocycles. The van der Waals surface area contributed by atoms with E-state index in [0.29, 0.717) is 29.0 Å². The van der Waals surface area contributed by atoms with Crippen LogP contribution in [0.5, 0.6) is 11.6 Å². The van der Waals surface area contributed by atoms with Gasteiger partial charge in [0.15, 0.2) is 0 Å². The average molecular weight is 430 g/mol. The first-order valence-corrected chi connectivity index (χ1v) is 8.91. The fourth-order valence-corrected chi connectivity index (χ4v) is 3.35. The molecular formula is C19H14BrClN4O. The first kappa shape index (κ1) is 18.2. The second-order valence-corrected chi connectivity index (χ2v) is 6.80. The fourth-order valence-electron chi connectivity index (χ4n) is 2.31. The van der Waals surface area contributed by atoms with Gasteiger partial charge in [0.1, 0.15) is 5.75 Å². The first-order valence-electron chi connectivity index (χ1n) is 7.74. The van der Waals surface area contributed by atoms with Gasteiger partial charge >= 0.3 is 0 Å². The molecule has 26 heavy (non-hydrogen) atoms. The number of aromatic nitrogens is 2. The Morgan fingerprint density at radius 1 is 1.23 bits per heavy atom. The SMILES string of the molecule is Cc1cc(Cl)cc(Br)c1Oc1ccnc(Nc2ccc(CC#N)cc2)n1. The highest BCUT2D eigenvalue weighted by Gasteiger charge is 2.10. The molecule has 130 valence electrons. The van der Waals surface area contributed by atoms with E-state index >= 15 is 0 Å². The zero-order chi connectivity index (χ0) is 18.5. The van der Waals surface area contributed by atoms with Gasteiger partial charge < -0.3 is 10.1 Å². The van der Waals surface area contributed by atoms with Crippen molar-refractivity contribution in [3.05, 3.63) is 69.3 Å². The summed E-state index contributed by atoms with van der Waals surface area (Å²) in [6, 6.07) is 14.9. The van der Waals surface area contributed by atoms with Gasteiger partial charge in [-0.05, 0) is 58.2 Å². The van der Waals surface area contributed by atoms with E-state index in [4.69, 9.17) is 21.6 Å². The first-order chi connectivity index (χ1) is 12.5. The Bertz CT molecular complexity index is 947. The zero-order valence-electron chi connectivity index (χ0n) is 13.8. The lowest BCUT2D eigenvalue weighted by atomic mass is 10.1. The van der Waals surface area contributed by atoms with Gasteiger partial charge in [-0.25, -0.2) is 4.98 Å². The van der Waals surface area contributed by atoms with Crippen molar-refractivity contribution in [2.24, 2.45) is 0 Å². The summed E-state index contributed by atoms with van der Waals surface area (Å²) in [5, 5.41) is 12.5. The summed E-state index contributed by atoms with van der Waals surface area (Å²) in [5.74, 6) is 1.48. The number of ether oxygens (including phenoxy) is 1. The van der Waals surface area contributed by atoms with Crippen LogP contribution >= 0.6 is 27.5 Å². The normalized spacial score (nSPS) is 10.2. The molecule has 0 fully saturated rings. The van der Waals surface area contributed by atoms with Crippen LogP contribution in [0.1, 0.15) is 11.1 Å². The van der Waals surface area contributed by atoms with E-state index in [1.54, 1.807) is 18.3 Å². The Labute approximate surface area is 164 Å². The second-order valence-electron chi connectivity index (χ2n) is 5.51. The Morgan fingerprint density at radius 3 is 2.69 bits per heavy atom. The van der Waals surface area contributed by atoms with E-state index in [-0.39, 0.29) is 0 Å². The highest BCUT2D eigenvalue weighted by molar-refractivity contribution is 9.10. The molecule has 0 spiro atoms. The van der Waals surface area contributed by atoms with Crippen LogP contribution in [-0.2, 0) is 6.42 Å². The fraction of sp³-hybridized carbons (Fsp3) is 0.105. The van der Waals surface area contributed by atoms with Crippen LogP contribution in [0.2, 0.25) is 5.02 Å². The van der Waals surface area contributed by atoms with Crippen molar-refractivity contribution < 1.29 is 4.74 Å². The predicted molar refractivity (Wildman–Crippen MR) is 105 cm³/mol. The summed E-state index contributed by atoms with van der Waals surface area (Å²) in [4.78, 5) is 8.58. The molecule has 0 unspecified atom stereocenters. The van der Waals surface area contributed by atoms with Crippen molar-refractivity contribution in [2.45, 2.75) is 13.3 Å². The van der Waals surface area contributed by atoms with Crippen molar-refractivity contribution >= 4 is 39.2 Å². The van der Waals surface area contributed by atoms with Crippen molar-refractivity contribution in [1.29, 1.82) is 5.26 Å². The van der Waals surface area contributed by atoms with Gasteiger partial charge in [0.25, 0.3) is 0 Å². The topological polar surface area (TPSA) is 70.8 Å². The number of hydrogen-bond acceptors (Lipinski definition) is 5. The summed E-state index contributed by atoms with van der Waals surface area (Å²) < 4.78 is 6.65. The summed E-state index contributed by atoms with van der Waals surface area (Å²) in [6.45, 7) is 1.91. The predicted octanol–water partition coefficient (Wildman–Crippen LogP) is 5.80. The lowest BCUT2D eigenvalue weighted by Gasteiger charge is -2.11. The van der Waals surface area contributed by atoms with Gasteiger partial charge in [-0.3, -0.25) is 0 Å². The van der Waals surface area contributed by atoms with Crippen molar-refractivity contribution in [2.75, 3.05) is 5.32 Å². The van der Waals surface area contributed by atoms with E-state index in [1.807, 2.05) is 37.3 Å². The van der Waals surface area contributed by atoms with E-state index in [9.17, 15) is 0 Å². The molecule has 0 aliphatic rings. The van der Waals surface area contributed by atoms with Crippen LogP contribution in [0.15, 0.2) is 53.1 Å². The molecule has 1 N–H and O–H groups in total. The molecule has 0 aliphatic carbocycles. The maximum absolute atomic E-state index is 8.72. The molecule has 0 radical (unpaired) electrons. The third-order valence-electron chi connectivity index (χ3n) is 3.52. The van der Waals surface area contributed by atoms with Gasteiger partial charge in [0.05, 0.1) is 17.0 Å². The Balaban J connectivity index is 1.77. The highest BCUT2D eigenvalue weighted by atomic mass is 79.9. The van der Waals surface area contributed by atoms with Gasteiger partial charge in [-0.15, -0.1) is 0 Å². The van der Waals surface area contributed by atoms with Crippen molar-refractivity contribution in [3.63, 3.8) is 0 Å². The minimum absolute atomic E-state index is 0.384. The van der Waals surface area contributed by atoms with Gasteiger partial charge in [0, 0.05) is 23.0 Å². The number of rotatable bonds is 5. The largest absolute Gasteiger partial charge is 0.437 e. The van der Waals surface area contributed by atoms with Crippen molar-refractivity contribution in [3.8, 4) is 17.7 Å². The summed E-state index contributed by atoms with van der Waals surface area (Å²) >= 11 is 9.49. The zero-order valence-corrected chi connectivity index (χ0v) is 16.2. The number of nitriles is 1. The smallest absolute Gasteiger partial charge is 0.230 e. The number of benzene rings is 2. The van der Waals surface area contributed by atoms with E-state index in [1.165, 1.54) is 0 Å². The molecule has 1 heterocycles. The third-order valence-corrected chi connectivity index (χ3v) is 4.33. The molecular weight excluding hydrogens is 416 g/mol. The van der Waals surface area contributed by atoms with Gasteiger partial charge in [0.2, 0.25) is 11.8 Å². The van der Waals surface area contributed by atoms with Crippen LogP contribution in [0.25, 0.3) is 0 Å². The molecule has 7 heteroatoms. The summed E-state index contributed by atoms with van der Waals surface area (Å²) in [6.07, 6.45) is 2.00. The maximum Gasteiger partial charge on any atom is 0.230 e. The molecule has 0 aliphatic heterocycles. The number of anilines is 2. The lowest BCUT2D eigenvalue weighted by molar-refractivity contribution is 0.456. The summed E-state index contributed by atoms with van der Waals surface area (Å²) in [5.41, 5.74) is 2.68. The molecule has 5 nitrogen and oxygen atoms in total. The van der Waals surface area contributed by atoms with E-state index < -0.39 is 0 Å². The quantitative estimate of drug-likeness (QED) is 0.555. The molecule has 3 aromatic rings. The minimum Gasteiger partial charge on any atom is -0.437 e.